The van der Waals surface area contributed by atoms with Gasteiger partial charge in [0.25, 0.3) is 0 Å². The summed E-state index contributed by atoms with van der Waals surface area (Å²) in [7, 11) is 0. The van der Waals surface area contributed by atoms with Crippen molar-refractivity contribution in [3.05, 3.63) is 0 Å². The van der Waals surface area contributed by atoms with Gasteiger partial charge in [-0.1, -0.05) is 13.3 Å². The molecule has 0 radical (unpaired) electrons. The fourth-order valence-electron chi connectivity index (χ4n) is 2.92. The molecule has 0 aromatic rings. The highest BCUT2D eigenvalue weighted by atomic mass is 16.6. The molecule has 116 valence electrons. The number of carbonyl (C=O) groups is 2. The number of hydrogen-bond acceptors (Lipinski definition) is 5. The summed E-state index contributed by atoms with van der Waals surface area (Å²) in [4.78, 5) is 23.7. The molecule has 0 aromatic heterocycles. The highest BCUT2D eigenvalue weighted by molar-refractivity contribution is 5.82. The Morgan fingerprint density at radius 2 is 1.95 bits per heavy atom. The monoisotopic (exact) mass is 287 g/mol. The zero-order valence-corrected chi connectivity index (χ0v) is 12.5. The summed E-state index contributed by atoms with van der Waals surface area (Å²) < 4.78 is 5.31. The summed E-state index contributed by atoms with van der Waals surface area (Å²) in [6.07, 6.45) is -0.181. The molecule has 20 heavy (non-hydrogen) atoms. The summed E-state index contributed by atoms with van der Waals surface area (Å²) >= 11 is 0. The van der Waals surface area contributed by atoms with Gasteiger partial charge in [-0.05, 0) is 33.6 Å². The highest BCUT2D eigenvalue weighted by Gasteiger charge is 2.54. The second-order valence-electron chi connectivity index (χ2n) is 6.53. The molecule has 4 atom stereocenters. The van der Waals surface area contributed by atoms with Gasteiger partial charge in [0.2, 0.25) is 0 Å². The van der Waals surface area contributed by atoms with Gasteiger partial charge in [0.05, 0.1) is 12.0 Å². The predicted molar refractivity (Wildman–Crippen MR) is 72.9 cm³/mol. The largest absolute Gasteiger partial charge is 0.480 e. The van der Waals surface area contributed by atoms with Crippen LogP contribution in [0.25, 0.3) is 0 Å². The Morgan fingerprint density at radius 3 is 2.35 bits per heavy atom. The molecule has 0 aliphatic heterocycles. The summed E-state index contributed by atoms with van der Waals surface area (Å²) in [5.74, 6) is -3.25. The minimum atomic E-state index is -1.49. The third kappa shape index (κ3) is 3.30. The molecular formula is C14H25NO5. The van der Waals surface area contributed by atoms with E-state index in [0.29, 0.717) is 6.42 Å². The van der Waals surface area contributed by atoms with Crippen molar-refractivity contribution in [2.75, 3.05) is 0 Å². The average molecular weight is 287 g/mol. The second kappa shape index (κ2) is 5.69. The molecule has 1 saturated carbocycles. The zero-order chi connectivity index (χ0) is 15.7. The number of aliphatic carboxylic acids is 1. The van der Waals surface area contributed by atoms with E-state index in [4.69, 9.17) is 10.5 Å². The van der Waals surface area contributed by atoms with Gasteiger partial charge in [0.15, 0.2) is 0 Å². The molecule has 1 rings (SSSR count). The standard InChI is InChI=1S/C14H25NO5/c1-5-8-10(11(17)20-13(2,3)4)9(16)6-7-14(8,15)12(18)19/h8-10,16H,5-7,15H2,1-4H3,(H,18,19)/t8?,9-,10-,14+/m0/s1. The van der Waals surface area contributed by atoms with Crippen molar-refractivity contribution in [3.63, 3.8) is 0 Å². The Kier molecular flexibility index (Phi) is 4.82. The Labute approximate surface area is 119 Å². The Hall–Kier alpha value is -1.14. The maximum Gasteiger partial charge on any atom is 0.323 e. The molecule has 6 nitrogen and oxygen atoms in total. The number of aliphatic hydroxyl groups is 1. The number of nitrogens with two attached hydrogens (primary N) is 1. The molecule has 1 aliphatic rings. The lowest BCUT2D eigenvalue weighted by Gasteiger charge is -2.44. The number of aliphatic hydroxyl groups excluding tert-OH is 1. The Morgan fingerprint density at radius 1 is 1.40 bits per heavy atom. The van der Waals surface area contributed by atoms with Gasteiger partial charge in [-0.3, -0.25) is 9.59 Å². The van der Waals surface area contributed by atoms with Crippen molar-refractivity contribution >= 4 is 11.9 Å². The highest BCUT2D eigenvalue weighted by Crippen LogP contribution is 2.40. The number of carboxylic acids is 1. The van der Waals surface area contributed by atoms with Crippen LogP contribution in [-0.4, -0.2) is 39.4 Å². The summed E-state index contributed by atoms with van der Waals surface area (Å²) in [6.45, 7) is 6.96. The van der Waals surface area contributed by atoms with Crippen LogP contribution in [0.4, 0.5) is 0 Å². The molecule has 0 saturated heterocycles. The van der Waals surface area contributed by atoms with Crippen LogP contribution in [0.1, 0.15) is 47.0 Å². The second-order valence-corrected chi connectivity index (χ2v) is 6.53. The Bertz CT molecular complexity index is 390. The van der Waals surface area contributed by atoms with E-state index < -0.39 is 41.0 Å². The van der Waals surface area contributed by atoms with E-state index in [-0.39, 0.29) is 12.8 Å². The normalized spacial score (nSPS) is 34.6. The molecule has 1 fully saturated rings. The van der Waals surface area contributed by atoms with Gasteiger partial charge in [-0.15, -0.1) is 0 Å². The average Bonchev–Trinajstić information content (AvgIpc) is 2.29. The van der Waals surface area contributed by atoms with Gasteiger partial charge in [-0.2, -0.15) is 0 Å². The quantitative estimate of drug-likeness (QED) is 0.665. The number of carbonyl (C=O) groups excluding carboxylic acids is 1. The lowest BCUT2D eigenvalue weighted by atomic mass is 9.65. The molecule has 1 aliphatic carbocycles. The molecule has 0 heterocycles. The van der Waals surface area contributed by atoms with E-state index in [1.54, 1.807) is 27.7 Å². The van der Waals surface area contributed by atoms with Gasteiger partial charge in [0.1, 0.15) is 11.1 Å². The fraction of sp³-hybridized carbons (Fsp3) is 0.857. The van der Waals surface area contributed by atoms with Crippen LogP contribution >= 0.6 is 0 Å². The first kappa shape index (κ1) is 16.9. The topological polar surface area (TPSA) is 110 Å². The minimum absolute atomic E-state index is 0.154. The van der Waals surface area contributed by atoms with E-state index >= 15 is 0 Å². The van der Waals surface area contributed by atoms with Crippen molar-refractivity contribution in [3.8, 4) is 0 Å². The lowest BCUT2D eigenvalue weighted by Crippen LogP contribution is -2.62. The summed E-state index contributed by atoms with van der Waals surface area (Å²) in [6, 6.07) is 0. The molecule has 0 spiro atoms. The minimum Gasteiger partial charge on any atom is -0.480 e. The van der Waals surface area contributed by atoms with E-state index in [2.05, 4.69) is 0 Å². The molecule has 0 bridgehead atoms. The van der Waals surface area contributed by atoms with E-state index in [1.165, 1.54) is 0 Å². The van der Waals surface area contributed by atoms with Crippen LogP contribution in [0.2, 0.25) is 0 Å². The first-order chi connectivity index (χ1) is 9.03. The maximum absolute atomic E-state index is 12.3. The zero-order valence-electron chi connectivity index (χ0n) is 12.5. The van der Waals surface area contributed by atoms with Crippen molar-refractivity contribution < 1.29 is 24.5 Å². The van der Waals surface area contributed by atoms with Crippen molar-refractivity contribution in [1.82, 2.24) is 0 Å². The van der Waals surface area contributed by atoms with Crippen LogP contribution in [0, 0.1) is 11.8 Å². The number of esters is 1. The first-order valence-corrected chi connectivity index (χ1v) is 6.96. The Balaban J connectivity index is 3.07. The molecule has 0 amide bonds. The maximum atomic E-state index is 12.3. The molecule has 4 N–H and O–H groups in total. The fourth-order valence-corrected chi connectivity index (χ4v) is 2.92. The van der Waals surface area contributed by atoms with Crippen molar-refractivity contribution in [2.24, 2.45) is 17.6 Å². The molecule has 1 unspecified atom stereocenters. The van der Waals surface area contributed by atoms with E-state index in [0.717, 1.165) is 0 Å². The van der Waals surface area contributed by atoms with Crippen LogP contribution in [0.15, 0.2) is 0 Å². The SMILES string of the molecule is CCC1[C@H](C(=O)OC(C)(C)C)[C@@H](O)CC[C@]1(N)C(=O)O. The van der Waals surface area contributed by atoms with Crippen molar-refractivity contribution in [1.29, 1.82) is 0 Å². The smallest absolute Gasteiger partial charge is 0.323 e. The first-order valence-electron chi connectivity index (χ1n) is 6.96. The van der Waals surface area contributed by atoms with Crippen molar-refractivity contribution in [2.45, 2.75) is 64.2 Å². The van der Waals surface area contributed by atoms with Crippen LogP contribution in [0.3, 0.4) is 0 Å². The third-order valence-corrected chi connectivity index (χ3v) is 3.88. The van der Waals surface area contributed by atoms with Crippen LogP contribution in [0.5, 0.6) is 0 Å². The van der Waals surface area contributed by atoms with E-state index in [1.807, 2.05) is 0 Å². The van der Waals surface area contributed by atoms with E-state index in [9.17, 15) is 19.8 Å². The number of hydrogen-bond donors (Lipinski definition) is 3. The molecular weight excluding hydrogens is 262 g/mol. The number of ether oxygens (including phenoxy) is 1. The third-order valence-electron chi connectivity index (χ3n) is 3.88. The number of rotatable bonds is 3. The summed E-state index contributed by atoms with van der Waals surface area (Å²) in [5, 5.41) is 19.5. The van der Waals surface area contributed by atoms with Gasteiger partial charge in [0, 0.05) is 5.92 Å². The van der Waals surface area contributed by atoms with Gasteiger partial charge in [-0.25, -0.2) is 0 Å². The number of carboxylic acid groups (broad SMARTS) is 1. The molecule has 0 aromatic carbocycles. The summed E-state index contributed by atoms with van der Waals surface area (Å²) in [5.41, 5.74) is 3.81. The van der Waals surface area contributed by atoms with Gasteiger partial charge >= 0.3 is 11.9 Å². The van der Waals surface area contributed by atoms with Crippen LogP contribution < -0.4 is 5.73 Å². The van der Waals surface area contributed by atoms with Crippen LogP contribution in [-0.2, 0) is 14.3 Å². The predicted octanol–water partition coefficient (Wildman–Crippen LogP) is 0.907. The van der Waals surface area contributed by atoms with Gasteiger partial charge < -0.3 is 20.7 Å². The lowest BCUT2D eigenvalue weighted by molar-refractivity contribution is -0.174. The molecule has 6 heteroatoms.